The Morgan fingerprint density at radius 1 is 0.781 bits per heavy atom. The summed E-state index contributed by atoms with van der Waals surface area (Å²) in [5, 5.41) is 0. The SMILES string of the molecule is COc1nc(-c2c(F)cccc2F)ncc1-c1cccc(-c2ccc(C(F)(F)F)cc2)c1. The Kier molecular flexibility index (Phi) is 5.61. The molecule has 0 saturated carbocycles. The lowest BCUT2D eigenvalue weighted by Crippen LogP contribution is -2.04. The zero-order valence-electron chi connectivity index (χ0n) is 16.6. The van der Waals surface area contributed by atoms with Crippen LogP contribution in [0.5, 0.6) is 5.88 Å². The van der Waals surface area contributed by atoms with Gasteiger partial charge in [0.2, 0.25) is 5.88 Å². The average molecular weight is 442 g/mol. The van der Waals surface area contributed by atoms with Gasteiger partial charge in [0.25, 0.3) is 0 Å². The van der Waals surface area contributed by atoms with Crippen molar-refractivity contribution >= 4 is 0 Å². The third-order valence-corrected chi connectivity index (χ3v) is 4.85. The van der Waals surface area contributed by atoms with E-state index >= 15 is 0 Å². The Morgan fingerprint density at radius 3 is 2.03 bits per heavy atom. The van der Waals surface area contributed by atoms with Crippen molar-refractivity contribution in [2.45, 2.75) is 6.18 Å². The smallest absolute Gasteiger partial charge is 0.416 e. The van der Waals surface area contributed by atoms with Crippen molar-refractivity contribution in [3.05, 3.63) is 90.1 Å². The molecule has 4 rings (SSSR count). The fourth-order valence-electron chi connectivity index (χ4n) is 3.27. The number of ether oxygens (including phenoxy) is 1. The van der Waals surface area contributed by atoms with E-state index in [2.05, 4.69) is 9.97 Å². The zero-order chi connectivity index (χ0) is 22.9. The summed E-state index contributed by atoms with van der Waals surface area (Å²) in [5.41, 5.74) is 1.24. The van der Waals surface area contributed by atoms with Crippen LogP contribution in [0.2, 0.25) is 0 Å². The molecule has 4 aromatic rings. The Labute approximate surface area is 180 Å². The molecule has 3 nitrogen and oxygen atoms in total. The van der Waals surface area contributed by atoms with Crippen LogP contribution in [0, 0.1) is 11.6 Å². The molecule has 0 fully saturated rings. The predicted octanol–water partition coefficient (Wildman–Crippen LogP) is 6.78. The minimum absolute atomic E-state index is 0.0993. The highest BCUT2D eigenvalue weighted by atomic mass is 19.4. The molecule has 0 atom stereocenters. The van der Waals surface area contributed by atoms with Gasteiger partial charge < -0.3 is 4.74 Å². The fraction of sp³-hybridized carbons (Fsp3) is 0.0833. The molecule has 32 heavy (non-hydrogen) atoms. The molecular formula is C24H15F5N2O. The third-order valence-electron chi connectivity index (χ3n) is 4.85. The largest absolute Gasteiger partial charge is 0.480 e. The van der Waals surface area contributed by atoms with E-state index in [-0.39, 0.29) is 17.3 Å². The van der Waals surface area contributed by atoms with E-state index in [1.54, 1.807) is 24.3 Å². The van der Waals surface area contributed by atoms with Gasteiger partial charge in [-0.1, -0.05) is 36.4 Å². The second-order valence-electron chi connectivity index (χ2n) is 6.87. The summed E-state index contributed by atoms with van der Waals surface area (Å²) in [5.74, 6) is -1.67. The van der Waals surface area contributed by atoms with Crippen molar-refractivity contribution in [2.24, 2.45) is 0 Å². The lowest BCUT2D eigenvalue weighted by Gasteiger charge is -2.12. The number of methoxy groups -OCH3 is 1. The molecule has 0 aliphatic rings. The predicted molar refractivity (Wildman–Crippen MR) is 110 cm³/mol. The van der Waals surface area contributed by atoms with Crippen LogP contribution in [-0.4, -0.2) is 17.1 Å². The van der Waals surface area contributed by atoms with Crippen LogP contribution in [0.1, 0.15) is 5.56 Å². The number of nitrogens with zero attached hydrogens (tertiary/aromatic N) is 2. The molecule has 0 unspecified atom stereocenters. The third kappa shape index (κ3) is 4.16. The molecule has 162 valence electrons. The lowest BCUT2D eigenvalue weighted by atomic mass is 9.99. The molecule has 3 aromatic carbocycles. The fourth-order valence-corrected chi connectivity index (χ4v) is 3.27. The quantitative estimate of drug-likeness (QED) is 0.327. The van der Waals surface area contributed by atoms with Crippen molar-refractivity contribution in [3.8, 4) is 39.5 Å². The highest BCUT2D eigenvalue weighted by molar-refractivity contribution is 5.76. The van der Waals surface area contributed by atoms with Gasteiger partial charge in [-0.15, -0.1) is 0 Å². The molecule has 0 aliphatic heterocycles. The first-order chi connectivity index (χ1) is 15.3. The standard InChI is InChI=1S/C24H15F5N2O/c1-32-23-18(13-30-22(31-23)21-19(25)6-3-7-20(21)26)16-5-2-4-15(12-16)14-8-10-17(11-9-14)24(27,28)29/h2-13H,1H3. The maximum absolute atomic E-state index is 14.1. The molecule has 1 aromatic heterocycles. The van der Waals surface area contributed by atoms with Gasteiger partial charge in [-0.3, -0.25) is 0 Å². The second kappa shape index (κ2) is 8.37. The molecular weight excluding hydrogens is 427 g/mol. The van der Waals surface area contributed by atoms with E-state index < -0.39 is 23.4 Å². The first kappa shape index (κ1) is 21.4. The van der Waals surface area contributed by atoms with Crippen molar-refractivity contribution in [2.75, 3.05) is 7.11 Å². The van der Waals surface area contributed by atoms with Gasteiger partial charge in [0.15, 0.2) is 5.82 Å². The highest BCUT2D eigenvalue weighted by Crippen LogP contribution is 2.35. The molecule has 0 amide bonds. The molecule has 1 heterocycles. The van der Waals surface area contributed by atoms with Crippen LogP contribution in [-0.2, 0) is 6.18 Å². The maximum Gasteiger partial charge on any atom is 0.416 e. The van der Waals surface area contributed by atoms with Crippen molar-refractivity contribution in [1.29, 1.82) is 0 Å². The summed E-state index contributed by atoms with van der Waals surface area (Å²) < 4.78 is 72.0. The van der Waals surface area contributed by atoms with Crippen LogP contribution in [0.3, 0.4) is 0 Å². The van der Waals surface area contributed by atoms with E-state index in [4.69, 9.17) is 4.74 Å². The van der Waals surface area contributed by atoms with Crippen molar-refractivity contribution in [1.82, 2.24) is 9.97 Å². The van der Waals surface area contributed by atoms with Gasteiger partial charge in [-0.05, 0) is 47.0 Å². The molecule has 0 radical (unpaired) electrons. The van der Waals surface area contributed by atoms with Crippen LogP contribution in [0.25, 0.3) is 33.6 Å². The van der Waals surface area contributed by atoms with Crippen molar-refractivity contribution < 1.29 is 26.7 Å². The van der Waals surface area contributed by atoms with E-state index in [1.165, 1.54) is 31.5 Å². The van der Waals surface area contributed by atoms with E-state index in [9.17, 15) is 22.0 Å². The van der Waals surface area contributed by atoms with Crippen LogP contribution in [0.4, 0.5) is 22.0 Å². The number of rotatable bonds is 4. The molecule has 0 aliphatic carbocycles. The van der Waals surface area contributed by atoms with Gasteiger partial charge >= 0.3 is 6.18 Å². The molecule has 0 bridgehead atoms. The minimum Gasteiger partial charge on any atom is -0.480 e. The monoisotopic (exact) mass is 442 g/mol. The topological polar surface area (TPSA) is 35.0 Å². The van der Waals surface area contributed by atoms with Gasteiger partial charge in [0.05, 0.1) is 23.8 Å². The maximum atomic E-state index is 14.1. The Morgan fingerprint density at radius 2 is 1.41 bits per heavy atom. The normalized spacial score (nSPS) is 11.4. The summed E-state index contributed by atoms with van der Waals surface area (Å²) in [4.78, 5) is 8.26. The van der Waals surface area contributed by atoms with Gasteiger partial charge in [0.1, 0.15) is 11.6 Å². The number of hydrogen-bond acceptors (Lipinski definition) is 3. The minimum atomic E-state index is -4.41. The second-order valence-corrected chi connectivity index (χ2v) is 6.87. The van der Waals surface area contributed by atoms with Gasteiger partial charge in [0, 0.05) is 6.20 Å². The van der Waals surface area contributed by atoms with Crippen LogP contribution >= 0.6 is 0 Å². The first-order valence-corrected chi connectivity index (χ1v) is 9.41. The molecule has 8 heteroatoms. The van der Waals surface area contributed by atoms with Crippen LogP contribution < -0.4 is 4.74 Å². The van der Waals surface area contributed by atoms with E-state index in [0.717, 1.165) is 24.3 Å². The summed E-state index contributed by atoms with van der Waals surface area (Å²) in [6, 6.07) is 15.2. The summed E-state index contributed by atoms with van der Waals surface area (Å²) >= 11 is 0. The van der Waals surface area contributed by atoms with Gasteiger partial charge in [-0.2, -0.15) is 18.2 Å². The summed E-state index contributed by atoms with van der Waals surface area (Å²) in [6.07, 6.45) is -3.02. The lowest BCUT2D eigenvalue weighted by molar-refractivity contribution is -0.137. The Bertz CT molecular complexity index is 1250. The van der Waals surface area contributed by atoms with Gasteiger partial charge in [-0.25, -0.2) is 13.8 Å². The Balaban J connectivity index is 1.73. The van der Waals surface area contributed by atoms with Crippen LogP contribution in [0.15, 0.2) is 72.9 Å². The number of alkyl halides is 3. The van der Waals surface area contributed by atoms with E-state index in [0.29, 0.717) is 22.3 Å². The number of hydrogen-bond donors (Lipinski definition) is 0. The summed E-state index contributed by atoms with van der Waals surface area (Å²) in [7, 11) is 1.37. The van der Waals surface area contributed by atoms with Crippen molar-refractivity contribution in [3.63, 3.8) is 0 Å². The highest BCUT2D eigenvalue weighted by Gasteiger charge is 2.30. The van der Waals surface area contributed by atoms with E-state index in [1.807, 2.05) is 0 Å². The summed E-state index contributed by atoms with van der Waals surface area (Å²) in [6.45, 7) is 0. The number of halogens is 5. The first-order valence-electron chi connectivity index (χ1n) is 9.41. The number of aromatic nitrogens is 2. The molecule has 0 spiro atoms. The zero-order valence-corrected chi connectivity index (χ0v) is 16.6. The number of benzene rings is 3. The average Bonchev–Trinajstić information content (AvgIpc) is 2.78. The Hall–Kier alpha value is -3.81. The molecule has 0 saturated heterocycles. The molecule has 0 N–H and O–H groups in total.